The maximum Gasteiger partial charge on any atom is 0.325 e. The average Bonchev–Trinajstić information content (AvgIpc) is 3.03. The summed E-state index contributed by atoms with van der Waals surface area (Å²) in [6.07, 6.45) is 2.72. The number of pyridine rings is 1. The van der Waals surface area contributed by atoms with Crippen molar-refractivity contribution in [2.45, 2.75) is 19.0 Å². The predicted octanol–water partition coefficient (Wildman–Crippen LogP) is 2.14. The van der Waals surface area contributed by atoms with Crippen LogP contribution in [0.1, 0.15) is 23.7 Å². The van der Waals surface area contributed by atoms with Gasteiger partial charge in [-0.05, 0) is 42.8 Å². The molecule has 7 nitrogen and oxygen atoms in total. The highest BCUT2D eigenvalue weighted by atomic mass is 16.7. The molecule has 4 rings (SSSR count). The van der Waals surface area contributed by atoms with Gasteiger partial charge in [-0.1, -0.05) is 12.1 Å². The lowest BCUT2D eigenvalue weighted by Gasteiger charge is -2.28. The Hall–Kier alpha value is -2.64. The van der Waals surface area contributed by atoms with Gasteiger partial charge >= 0.3 is 5.97 Å². The summed E-state index contributed by atoms with van der Waals surface area (Å²) >= 11 is 0. The molecule has 27 heavy (non-hydrogen) atoms. The first kappa shape index (κ1) is 17.8. The summed E-state index contributed by atoms with van der Waals surface area (Å²) in [6.45, 7) is 4.15. The Morgan fingerprint density at radius 2 is 2.00 bits per heavy atom. The van der Waals surface area contributed by atoms with Crippen molar-refractivity contribution in [1.29, 1.82) is 0 Å². The second kappa shape index (κ2) is 7.94. The normalized spacial score (nSPS) is 18.8. The van der Waals surface area contributed by atoms with Crippen molar-refractivity contribution in [2.75, 3.05) is 33.0 Å². The van der Waals surface area contributed by atoms with E-state index in [2.05, 4.69) is 9.88 Å². The highest BCUT2D eigenvalue weighted by Crippen LogP contribution is 2.35. The molecule has 1 aromatic heterocycles. The van der Waals surface area contributed by atoms with Gasteiger partial charge in [0.25, 0.3) is 0 Å². The summed E-state index contributed by atoms with van der Waals surface area (Å²) in [5, 5.41) is 9.88. The fourth-order valence-corrected chi connectivity index (χ4v) is 3.72. The molecular weight excluding hydrogens is 346 g/mol. The fourth-order valence-electron chi connectivity index (χ4n) is 3.72. The molecule has 1 N–H and O–H groups in total. The molecule has 2 aliphatic rings. The van der Waals surface area contributed by atoms with E-state index in [-0.39, 0.29) is 6.79 Å². The minimum absolute atomic E-state index is 0.183. The Labute approximate surface area is 158 Å². The van der Waals surface area contributed by atoms with Crippen molar-refractivity contribution in [3.8, 4) is 11.5 Å². The van der Waals surface area contributed by atoms with Gasteiger partial charge in [-0.3, -0.25) is 19.6 Å². The van der Waals surface area contributed by atoms with Gasteiger partial charge in [0.1, 0.15) is 6.04 Å². The van der Waals surface area contributed by atoms with Crippen LogP contribution in [0, 0.1) is 0 Å². The monoisotopic (exact) mass is 369 g/mol. The van der Waals surface area contributed by atoms with Crippen LogP contribution >= 0.6 is 0 Å². The average molecular weight is 369 g/mol. The largest absolute Gasteiger partial charge is 0.480 e. The summed E-state index contributed by atoms with van der Waals surface area (Å²) in [5.74, 6) is 0.442. The second-order valence-electron chi connectivity index (χ2n) is 6.84. The molecule has 1 fully saturated rings. The van der Waals surface area contributed by atoms with Gasteiger partial charge < -0.3 is 14.6 Å². The summed E-state index contributed by atoms with van der Waals surface area (Å²) in [5.41, 5.74) is 1.77. The van der Waals surface area contributed by atoms with E-state index in [1.54, 1.807) is 18.3 Å². The zero-order chi connectivity index (χ0) is 18.6. The first-order chi connectivity index (χ1) is 13.2. The third-order valence-corrected chi connectivity index (χ3v) is 5.05. The van der Waals surface area contributed by atoms with Gasteiger partial charge in [-0.2, -0.15) is 0 Å². The maximum absolute atomic E-state index is 12.0. The third-order valence-electron chi connectivity index (χ3n) is 5.05. The lowest BCUT2D eigenvalue weighted by Crippen LogP contribution is -2.37. The van der Waals surface area contributed by atoms with Crippen molar-refractivity contribution in [1.82, 2.24) is 14.8 Å². The topological polar surface area (TPSA) is 75.1 Å². The van der Waals surface area contributed by atoms with E-state index in [0.717, 1.165) is 43.9 Å². The van der Waals surface area contributed by atoms with E-state index >= 15 is 0 Å². The number of aromatic nitrogens is 1. The molecule has 3 heterocycles. The minimum atomic E-state index is -0.841. The van der Waals surface area contributed by atoms with Gasteiger partial charge in [0.15, 0.2) is 11.5 Å². The van der Waals surface area contributed by atoms with Crippen LogP contribution in [0.25, 0.3) is 0 Å². The lowest BCUT2D eigenvalue weighted by molar-refractivity contribution is -0.143. The highest BCUT2D eigenvalue weighted by molar-refractivity contribution is 5.76. The lowest BCUT2D eigenvalue weighted by atomic mass is 10.0. The third kappa shape index (κ3) is 4.04. The van der Waals surface area contributed by atoms with Crippen LogP contribution in [0.4, 0.5) is 0 Å². The predicted molar refractivity (Wildman–Crippen MR) is 98.6 cm³/mol. The molecule has 0 spiro atoms. The number of nitrogens with zero attached hydrogens (tertiary/aromatic N) is 3. The zero-order valence-electron chi connectivity index (χ0n) is 15.1. The van der Waals surface area contributed by atoms with Gasteiger partial charge in [-0.25, -0.2) is 0 Å². The molecule has 0 aliphatic carbocycles. The molecule has 0 radical (unpaired) electrons. The van der Waals surface area contributed by atoms with Crippen LogP contribution < -0.4 is 9.47 Å². The van der Waals surface area contributed by atoms with Crippen molar-refractivity contribution >= 4 is 5.97 Å². The van der Waals surface area contributed by atoms with Crippen molar-refractivity contribution in [3.05, 3.63) is 53.9 Å². The van der Waals surface area contributed by atoms with Gasteiger partial charge in [0, 0.05) is 32.4 Å². The Morgan fingerprint density at radius 3 is 2.81 bits per heavy atom. The van der Waals surface area contributed by atoms with Gasteiger partial charge in [0.05, 0.1) is 5.69 Å². The zero-order valence-corrected chi connectivity index (χ0v) is 15.1. The first-order valence-corrected chi connectivity index (χ1v) is 9.19. The van der Waals surface area contributed by atoms with Crippen LogP contribution in [-0.4, -0.2) is 58.8 Å². The number of ether oxygens (including phenoxy) is 2. The number of carbonyl (C=O) groups is 1. The first-order valence-electron chi connectivity index (χ1n) is 9.19. The number of benzene rings is 1. The molecule has 1 saturated heterocycles. The number of hydrogen-bond donors (Lipinski definition) is 1. The number of hydrogen-bond acceptors (Lipinski definition) is 6. The molecule has 142 valence electrons. The second-order valence-corrected chi connectivity index (χ2v) is 6.84. The van der Waals surface area contributed by atoms with E-state index in [1.807, 2.05) is 29.2 Å². The van der Waals surface area contributed by atoms with Crippen LogP contribution in [0.3, 0.4) is 0 Å². The molecule has 2 aromatic rings. The summed E-state index contributed by atoms with van der Waals surface area (Å²) in [6, 6.07) is 10.6. The molecular formula is C20H23N3O4. The van der Waals surface area contributed by atoms with Crippen LogP contribution in [-0.2, 0) is 11.3 Å². The standard InChI is InChI=1S/C20H23N3O4/c24-20(25)19(15-5-6-17-18(12-15)27-14-26-17)23-9-3-8-22(10-11-23)13-16-4-1-2-7-21-16/h1-2,4-7,12,19H,3,8-11,13-14H2,(H,24,25)/t19-/m1/s1. The fraction of sp³-hybridized carbons (Fsp3) is 0.400. The summed E-state index contributed by atoms with van der Waals surface area (Å²) in [7, 11) is 0. The Bertz CT molecular complexity index is 799. The van der Waals surface area contributed by atoms with Crippen molar-refractivity contribution < 1.29 is 19.4 Å². The molecule has 7 heteroatoms. The van der Waals surface area contributed by atoms with Crippen molar-refractivity contribution in [3.63, 3.8) is 0 Å². The maximum atomic E-state index is 12.0. The molecule has 1 atom stereocenters. The number of carboxylic acids is 1. The van der Waals surface area contributed by atoms with Gasteiger partial charge in [-0.15, -0.1) is 0 Å². The quantitative estimate of drug-likeness (QED) is 0.865. The van der Waals surface area contributed by atoms with E-state index in [4.69, 9.17) is 9.47 Å². The van der Waals surface area contributed by atoms with Crippen LogP contribution in [0.15, 0.2) is 42.6 Å². The van der Waals surface area contributed by atoms with E-state index in [9.17, 15) is 9.90 Å². The molecule has 0 saturated carbocycles. The molecule has 0 bridgehead atoms. The van der Waals surface area contributed by atoms with Crippen molar-refractivity contribution in [2.24, 2.45) is 0 Å². The molecule has 0 unspecified atom stereocenters. The van der Waals surface area contributed by atoms with Crippen LogP contribution in [0.2, 0.25) is 0 Å². The van der Waals surface area contributed by atoms with E-state index < -0.39 is 12.0 Å². The Balaban J connectivity index is 1.46. The number of rotatable bonds is 5. The highest BCUT2D eigenvalue weighted by Gasteiger charge is 2.30. The SMILES string of the molecule is O=C(O)[C@@H](c1ccc2c(c1)OCO2)N1CCCN(Cc2ccccn2)CC1. The Kier molecular flexibility index (Phi) is 5.22. The van der Waals surface area contributed by atoms with Gasteiger partial charge in [0.2, 0.25) is 6.79 Å². The van der Waals surface area contributed by atoms with Crippen LogP contribution in [0.5, 0.6) is 11.5 Å². The number of carboxylic acid groups (broad SMARTS) is 1. The molecule has 0 amide bonds. The molecule has 1 aromatic carbocycles. The van der Waals surface area contributed by atoms with E-state index in [0.29, 0.717) is 18.0 Å². The molecule has 2 aliphatic heterocycles. The van der Waals surface area contributed by atoms with E-state index in [1.165, 1.54) is 0 Å². The Morgan fingerprint density at radius 1 is 1.11 bits per heavy atom. The summed E-state index contributed by atoms with van der Waals surface area (Å²) < 4.78 is 10.7. The minimum Gasteiger partial charge on any atom is -0.480 e. The number of aliphatic carboxylic acids is 1. The smallest absolute Gasteiger partial charge is 0.325 e. The summed E-state index contributed by atoms with van der Waals surface area (Å²) in [4.78, 5) is 20.8. The number of fused-ring (bicyclic) bond motifs is 1.